The van der Waals surface area contributed by atoms with Gasteiger partial charge in [0.2, 0.25) is 0 Å². The molecule has 1 fully saturated rings. The fourth-order valence-corrected chi connectivity index (χ4v) is 2.57. The molecule has 0 bridgehead atoms. The minimum absolute atomic E-state index is 0.0644. The van der Waals surface area contributed by atoms with E-state index in [-0.39, 0.29) is 11.9 Å². The number of methoxy groups -OCH3 is 1. The minimum atomic E-state index is 0.0644. The number of hydrogen-bond donors (Lipinski definition) is 1. The molecule has 3 heteroatoms. The quantitative estimate of drug-likeness (QED) is 0.825. The smallest absolute Gasteiger partial charge is 0.252 e. The Morgan fingerprint density at radius 3 is 2.81 bits per heavy atom. The van der Waals surface area contributed by atoms with Gasteiger partial charge in [0.25, 0.3) is 5.91 Å². The first kappa shape index (κ1) is 9.70. The fourth-order valence-electron chi connectivity index (χ4n) is 2.57. The van der Waals surface area contributed by atoms with Crippen LogP contribution in [0.15, 0.2) is 18.2 Å². The van der Waals surface area contributed by atoms with Gasteiger partial charge < -0.3 is 10.1 Å². The van der Waals surface area contributed by atoms with Crippen LogP contribution in [0.2, 0.25) is 0 Å². The summed E-state index contributed by atoms with van der Waals surface area (Å²) in [6.45, 7) is 0. The van der Waals surface area contributed by atoms with Crippen LogP contribution in [0.25, 0.3) is 0 Å². The number of ether oxygens (including phenoxy) is 1. The molecule has 84 valence electrons. The summed E-state index contributed by atoms with van der Waals surface area (Å²) in [5.74, 6) is 1.52. The van der Waals surface area contributed by atoms with Crippen LogP contribution in [0.5, 0.6) is 5.75 Å². The molecule has 1 atom stereocenters. The summed E-state index contributed by atoms with van der Waals surface area (Å²) < 4.78 is 5.22. The van der Waals surface area contributed by atoms with E-state index in [1.54, 1.807) is 7.11 Å². The highest BCUT2D eigenvalue weighted by Gasteiger charge is 2.36. The van der Waals surface area contributed by atoms with Crippen molar-refractivity contribution in [2.45, 2.75) is 25.3 Å². The predicted molar refractivity (Wildman–Crippen MR) is 60.5 cm³/mol. The molecule has 1 aromatic carbocycles. The number of fused-ring (bicyclic) bond motifs is 1. The van der Waals surface area contributed by atoms with Crippen LogP contribution in [0.3, 0.4) is 0 Å². The van der Waals surface area contributed by atoms with E-state index in [1.165, 1.54) is 19.3 Å². The fraction of sp³-hybridized carbons (Fsp3) is 0.462. The van der Waals surface area contributed by atoms with Crippen LogP contribution >= 0.6 is 0 Å². The maximum absolute atomic E-state index is 11.8. The molecule has 2 aliphatic rings. The molecule has 1 unspecified atom stereocenters. The Bertz CT molecular complexity index is 438. The third-order valence-electron chi connectivity index (χ3n) is 3.75. The standard InChI is InChI=1S/C13H15NO2/c1-16-9-5-6-10-11(7-9)12(14-13(10)15)8-3-2-4-8/h5-8,12H,2-4H2,1H3,(H,14,15). The first-order valence-electron chi connectivity index (χ1n) is 5.78. The van der Waals surface area contributed by atoms with E-state index >= 15 is 0 Å². The average Bonchev–Trinajstić information content (AvgIpc) is 2.54. The van der Waals surface area contributed by atoms with Crippen LogP contribution in [-0.2, 0) is 0 Å². The number of carbonyl (C=O) groups excluding carboxylic acids is 1. The van der Waals surface area contributed by atoms with Crippen LogP contribution in [0.1, 0.15) is 41.2 Å². The van der Waals surface area contributed by atoms with Crippen molar-refractivity contribution in [2.75, 3.05) is 7.11 Å². The Morgan fingerprint density at radius 2 is 2.19 bits per heavy atom. The highest BCUT2D eigenvalue weighted by atomic mass is 16.5. The van der Waals surface area contributed by atoms with Crippen LogP contribution in [0, 0.1) is 5.92 Å². The van der Waals surface area contributed by atoms with Crippen molar-refractivity contribution in [3.8, 4) is 5.75 Å². The lowest BCUT2D eigenvalue weighted by atomic mass is 9.77. The van der Waals surface area contributed by atoms with Gasteiger partial charge in [0.05, 0.1) is 13.2 Å². The number of carbonyl (C=O) groups is 1. The first-order chi connectivity index (χ1) is 7.79. The third-order valence-corrected chi connectivity index (χ3v) is 3.75. The molecule has 1 amide bonds. The largest absolute Gasteiger partial charge is 0.497 e. The summed E-state index contributed by atoms with van der Waals surface area (Å²) in [4.78, 5) is 11.8. The van der Waals surface area contributed by atoms with Crippen molar-refractivity contribution in [3.05, 3.63) is 29.3 Å². The number of nitrogens with one attached hydrogen (secondary N) is 1. The Hall–Kier alpha value is -1.51. The van der Waals surface area contributed by atoms with Gasteiger partial charge in [-0.05, 0) is 42.5 Å². The SMILES string of the molecule is COc1ccc2c(c1)C(C1CCC1)NC2=O. The molecule has 0 radical (unpaired) electrons. The normalized spacial score (nSPS) is 23.6. The lowest BCUT2D eigenvalue weighted by Gasteiger charge is -2.31. The third kappa shape index (κ3) is 1.31. The van der Waals surface area contributed by atoms with Crippen molar-refractivity contribution in [2.24, 2.45) is 5.92 Å². The molecule has 0 spiro atoms. The molecule has 0 saturated heterocycles. The summed E-state index contributed by atoms with van der Waals surface area (Å²) in [6, 6.07) is 5.92. The molecule has 3 rings (SSSR count). The second-order valence-corrected chi connectivity index (χ2v) is 4.60. The summed E-state index contributed by atoms with van der Waals surface area (Å²) in [5, 5.41) is 3.08. The Morgan fingerprint density at radius 1 is 1.38 bits per heavy atom. The molecule has 1 aliphatic heterocycles. The van der Waals surface area contributed by atoms with E-state index in [4.69, 9.17) is 4.74 Å². The second-order valence-electron chi connectivity index (χ2n) is 4.60. The molecule has 16 heavy (non-hydrogen) atoms. The number of benzene rings is 1. The van der Waals surface area contributed by atoms with Gasteiger partial charge in [-0.15, -0.1) is 0 Å². The van der Waals surface area contributed by atoms with Gasteiger partial charge in [0, 0.05) is 5.56 Å². The summed E-state index contributed by atoms with van der Waals surface area (Å²) in [6.07, 6.45) is 3.74. The first-order valence-corrected chi connectivity index (χ1v) is 5.78. The van der Waals surface area contributed by atoms with Crippen LogP contribution in [-0.4, -0.2) is 13.0 Å². The zero-order valence-electron chi connectivity index (χ0n) is 9.32. The molecular weight excluding hydrogens is 202 g/mol. The van der Waals surface area contributed by atoms with Crippen LogP contribution in [0.4, 0.5) is 0 Å². The molecule has 1 saturated carbocycles. The van der Waals surface area contributed by atoms with E-state index in [9.17, 15) is 4.79 Å². The van der Waals surface area contributed by atoms with Gasteiger partial charge in [0.1, 0.15) is 5.75 Å². The number of rotatable bonds is 2. The summed E-state index contributed by atoms with van der Waals surface area (Å²) >= 11 is 0. The predicted octanol–water partition coefficient (Wildman–Crippen LogP) is 2.28. The maximum atomic E-state index is 11.8. The van der Waals surface area contributed by atoms with Crippen molar-refractivity contribution in [1.29, 1.82) is 0 Å². The lowest BCUT2D eigenvalue weighted by Crippen LogP contribution is -2.29. The van der Waals surface area contributed by atoms with Gasteiger partial charge in [-0.1, -0.05) is 6.42 Å². The van der Waals surface area contributed by atoms with E-state index in [2.05, 4.69) is 5.32 Å². The Balaban J connectivity index is 2.00. The van der Waals surface area contributed by atoms with Gasteiger partial charge in [0.15, 0.2) is 0 Å². The molecule has 0 aromatic heterocycles. The van der Waals surface area contributed by atoms with Crippen molar-refractivity contribution < 1.29 is 9.53 Å². The van der Waals surface area contributed by atoms with Gasteiger partial charge in [-0.3, -0.25) is 4.79 Å². The topological polar surface area (TPSA) is 38.3 Å². The molecule has 1 aliphatic carbocycles. The Labute approximate surface area is 94.8 Å². The zero-order chi connectivity index (χ0) is 11.1. The molecule has 3 nitrogen and oxygen atoms in total. The van der Waals surface area contributed by atoms with Gasteiger partial charge in [-0.2, -0.15) is 0 Å². The lowest BCUT2D eigenvalue weighted by molar-refractivity contribution is 0.0932. The second kappa shape index (κ2) is 3.51. The zero-order valence-corrected chi connectivity index (χ0v) is 9.32. The Kier molecular flexibility index (Phi) is 2.13. The maximum Gasteiger partial charge on any atom is 0.252 e. The number of amides is 1. The summed E-state index contributed by atoms with van der Waals surface area (Å²) in [5.41, 5.74) is 1.94. The van der Waals surface area contributed by atoms with Crippen molar-refractivity contribution >= 4 is 5.91 Å². The van der Waals surface area contributed by atoms with Gasteiger partial charge in [-0.25, -0.2) is 0 Å². The van der Waals surface area contributed by atoms with Crippen LogP contribution < -0.4 is 10.1 Å². The van der Waals surface area contributed by atoms with Gasteiger partial charge >= 0.3 is 0 Å². The summed E-state index contributed by atoms with van der Waals surface area (Å²) in [7, 11) is 1.66. The van der Waals surface area contributed by atoms with E-state index in [1.807, 2.05) is 18.2 Å². The van der Waals surface area contributed by atoms with E-state index in [0.29, 0.717) is 5.92 Å². The minimum Gasteiger partial charge on any atom is -0.497 e. The molecule has 1 heterocycles. The molecule has 1 N–H and O–H groups in total. The number of hydrogen-bond acceptors (Lipinski definition) is 2. The monoisotopic (exact) mass is 217 g/mol. The van der Waals surface area contributed by atoms with E-state index < -0.39 is 0 Å². The van der Waals surface area contributed by atoms with Crippen molar-refractivity contribution in [1.82, 2.24) is 5.32 Å². The molecular formula is C13H15NO2. The highest BCUT2D eigenvalue weighted by Crippen LogP contribution is 2.42. The highest BCUT2D eigenvalue weighted by molar-refractivity contribution is 5.99. The average molecular weight is 217 g/mol. The molecule has 1 aromatic rings. The van der Waals surface area contributed by atoms with Crippen molar-refractivity contribution in [3.63, 3.8) is 0 Å². The van der Waals surface area contributed by atoms with E-state index in [0.717, 1.165) is 16.9 Å².